The molecule has 1 N–H and O–H groups in total. The van der Waals surface area contributed by atoms with E-state index in [9.17, 15) is 10.1 Å². The molecular weight excluding hydrogens is 216 g/mol. The van der Waals surface area contributed by atoms with Crippen molar-refractivity contribution in [3.05, 3.63) is 52.6 Å². The number of nitrogens with zero attached hydrogens (tertiary/aromatic N) is 1. The van der Waals surface area contributed by atoms with Crippen molar-refractivity contribution in [1.82, 2.24) is 5.32 Å². The zero-order chi connectivity index (χ0) is 12.8. The lowest BCUT2D eigenvalue weighted by atomic mass is 10.1. The molecule has 0 aliphatic heterocycles. The van der Waals surface area contributed by atoms with Gasteiger partial charge in [-0.15, -0.1) is 6.58 Å². The summed E-state index contributed by atoms with van der Waals surface area (Å²) in [5, 5.41) is 14.0. The maximum absolute atomic E-state index is 10.7. The van der Waals surface area contributed by atoms with Crippen LogP contribution in [0.2, 0.25) is 0 Å². The Morgan fingerprint density at radius 3 is 2.82 bits per heavy atom. The lowest BCUT2D eigenvalue weighted by Gasteiger charge is -2.19. The quantitative estimate of drug-likeness (QED) is 0.467. The molecule has 0 aliphatic rings. The first-order valence-electron chi connectivity index (χ1n) is 5.66. The Hall–Kier alpha value is -1.68. The van der Waals surface area contributed by atoms with Gasteiger partial charge in [-0.25, -0.2) is 0 Å². The van der Waals surface area contributed by atoms with Crippen molar-refractivity contribution in [2.45, 2.75) is 32.4 Å². The van der Waals surface area contributed by atoms with Crippen LogP contribution in [-0.4, -0.2) is 11.0 Å². The highest BCUT2D eigenvalue weighted by Crippen LogP contribution is 2.19. The van der Waals surface area contributed by atoms with Crippen LogP contribution in [0, 0.1) is 10.1 Å². The standard InChI is InChI=1S/C13H18N2O2/c1-4-6-10(2)14-11(3)12-7-5-8-13(9-12)15(16)17/h4-5,7-11,14H,1,6H2,2-3H3. The Morgan fingerprint density at radius 2 is 2.24 bits per heavy atom. The second-order valence-electron chi connectivity index (χ2n) is 4.17. The van der Waals surface area contributed by atoms with Crippen molar-refractivity contribution < 1.29 is 4.92 Å². The SMILES string of the molecule is C=CCC(C)NC(C)c1cccc([N+](=O)[O-])c1. The zero-order valence-corrected chi connectivity index (χ0v) is 10.2. The largest absolute Gasteiger partial charge is 0.307 e. The van der Waals surface area contributed by atoms with Gasteiger partial charge in [-0.2, -0.15) is 0 Å². The molecule has 1 aromatic rings. The van der Waals surface area contributed by atoms with Crippen molar-refractivity contribution in [3.8, 4) is 0 Å². The Morgan fingerprint density at radius 1 is 1.53 bits per heavy atom. The fourth-order valence-corrected chi connectivity index (χ4v) is 1.75. The van der Waals surface area contributed by atoms with Gasteiger partial charge in [-0.05, 0) is 25.8 Å². The monoisotopic (exact) mass is 234 g/mol. The van der Waals surface area contributed by atoms with Crippen LogP contribution >= 0.6 is 0 Å². The zero-order valence-electron chi connectivity index (χ0n) is 10.2. The summed E-state index contributed by atoms with van der Waals surface area (Å²) in [7, 11) is 0. The van der Waals surface area contributed by atoms with Gasteiger partial charge in [0.1, 0.15) is 0 Å². The molecule has 0 bridgehead atoms. The Bertz CT molecular complexity index is 404. The van der Waals surface area contributed by atoms with Gasteiger partial charge in [0.15, 0.2) is 0 Å². The third-order valence-corrected chi connectivity index (χ3v) is 2.64. The van der Waals surface area contributed by atoms with E-state index in [0.717, 1.165) is 12.0 Å². The number of hydrogen-bond donors (Lipinski definition) is 1. The molecule has 1 rings (SSSR count). The van der Waals surface area contributed by atoms with Gasteiger partial charge in [-0.3, -0.25) is 10.1 Å². The van der Waals surface area contributed by atoms with Crippen LogP contribution < -0.4 is 5.32 Å². The molecule has 4 nitrogen and oxygen atoms in total. The number of nitrogens with one attached hydrogen (secondary N) is 1. The van der Waals surface area contributed by atoms with Crippen molar-refractivity contribution in [3.63, 3.8) is 0 Å². The van der Waals surface area contributed by atoms with Gasteiger partial charge in [-0.1, -0.05) is 18.2 Å². The third-order valence-electron chi connectivity index (χ3n) is 2.64. The lowest BCUT2D eigenvalue weighted by molar-refractivity contribution is -0.384. The van der Waals surface area contributed by atoms with Crippen LogP contribution in [0.5, 0.6) is 0 Å². The summed E-state index contributed by atoms with van der Waals surface area (Å²) in [5.41, 5.74) is 1.06. The highest BCUT2D eigenvalue weighted by molar-refractivity contribution is 5.35. The molecule has 0 heterocycles. The highest BCUT2D eigenvalue weighted by atomic mass is 16.6. The summed E-state index contributed by atoms with van der Waals surface area (Å²) in [5.74, 6) is 0. The predicted octanol–water partition coefficient (Wildman–Crippen LogP) is 3.21. The summed E-state index contributed by atoms with van der Waals surface area (Å²) in [6, 6.07) is 7.11. The van der Waals surface area contributed by atoms with E-state index in [1.54, 1.807) is 12.1 Å². The van der Waals surface area contributed by atoms with Crippen LogP contribution in [-0.2, 0) is 0 Å². The fourth-order valence-electron chi connectivity index (χ4n) is 1.75. The normalized spacial score (nSPS) is 14.0. The molecule has 2 unspecified atom stereocenters. The maximum Gasteiger partial charge on any atom is 0.269 e. The topological polar surface area (TPSA) is 55.2 Å². The average molecular weight is 234 g/mol. The summed E-state index contributed by atoms with van der Waals surface area (Å²) in [4.78, 5) is 10.3. The molecule has 0 saturated heterocycles. The van der Waals surface area contributed by atoms with E-state index >= 15 is 0 Å². The lowest BCUT2D eigenvalue weighted by Crippen LogP contribution is -2.28. The maximum atomic E-state index is 10.7. The van der Waals surface area contributed by atoms with Crippen molar-refractivity contribution in [1.29, 1.82) is 0 Å². The number of hydrogen-bond acceptors (Lipinski definition) is 3. The van der Waals surface area contributed by atoms with E-state index in [1.807, 2.05) is 19.1 Å². The van der Waals surface area contributed by atoms with Gasteiger partial charge < -0.3 is 5.32 Å². The molecule has 4 heteroatoms. The Balaban J connectivity index is 2.74. The number of nitro benzene ring substituents is 1. The summed E-state index contributed by atoms with van der Waals surface area (Å²) in [6.07, 6.45) is 2.73. The minimum Gasteiger partial charge on any atom is -0.307 e. The first-order chi connectivity index (χ1) is 8.04. The number of nitro groups is 1. The van der Waals surface area contributed by atoms with Crippen LogP contribution in [0.1, 0.15) is 31.9 Å². The van der Waals surface area contributed by atoms with E-state index in [4.69, 9.17) is 0 Å². The van der Waals surface area contributed by atoms with E-state index < -0.39 is 0 Å². The third kappa shape index (κ3) is 4.00. The van der Waals surface area contributed by atoms with Crippen molar-refractivity contribution in [2.24, 2.45) is 0 Å². The van der Waals surface area contributed by atoms with Crippen LogP contribution in [0.3, 0.4) is 0 Å². The van der Waals surface area contributed by atoms with E-state index in [1.165, 1.54) is 6.07 Å². The van der Waals surface area contributed by atoms with Gasteiger partial charge in [0, 0.05) is 24.2 Å². The highest BCUT2D eigenvalue weighted by Gasteiger charge is 2.12. The minimum absolute atomic E-state index is 0.0878. The Kier molecular flexibility index (Phi) is 4.84. The average Bonchev–Trinajstić information content (AvgIpc) is 2.29. The van der Waals surface area contributed by atoms with Crippen molar-refractivity contribution in [2.75, 3.05) is 0 Å². The number of benzene rings is 1. The van der Waals surface area contributed by atoms with Crippen LogP contribution in [0.25, 0.3) is 0 Å². The molecular formula is C13H18N2O2. The smallest absolute Gasteiger partial charge is 0.269 e. The molecule has 1 aromatic carbocycles. The van der Waals surface area contributed by atoms with Gasteiger partial charge >= 0.3 is 0 Å². The number of rotatable bonds is 6. The molecule has 92 valence electrons. The van der Waals surface area contributed by atoms with Gasteiger partial charge in [0.25, 0.3) is 5.69 Å². The molecule has 0 spiro atoms. The van der Waals surface area contributed by atoms with Crippen LogP contribution in [0.4, 0.5) is 5.69 Å². The summed E-state index contributed by atoms with van der Waals surface area (Å²) in [6.45, 7) is 7.75. The molecule has 0 fully saturated rings. The summed E-state index contributed by atoms with van der Waals surface area (Å²) < 4.78 is 0. The summed E-state index contributed by atoms with van der Waals surface area (Å²) >= 11 is 0. The van der Waals surface area contributed by atoms with Gasteiger partial charge in [0.2, 0.25) is 0 Å². The van der Waals surface area contributed by atoms with Crippen molar-refractivity contribution >= 4 is 5.69 Å². The Labute approximate surface area is 101 Å². The predicted molar refractivity (Wildman–Crippen MR) is 68.9 cm³/mol. The minimum atomic E-state index is -0.372. The second-order valence-corrected chi connectivity index (χ2v) is 4.17. The van der Waals surface area contributed by atoms with E-state index in [-0.39, 0.29) is 16.7 Å². The fraction of sp³-hybridized carbons (Fsp3) is 0.385. The molecule has 0 aliphatic carbocycles. The second kappa shape index (κ2) is 6.15. The first kappa shape index (κ1) is 13.4. The molecule has 0 aromatic heterocycles. The first-order valence-corrected chi connectivity index (χ1v) is 5.66. The molecule has 0 saturated carbocycles. The molecule has 0 amide bonds. The molecule has 2 atom stereocenters. The molecule has 17 heavy (non-hydrogen) atoms. The van der Waals surface area contributed by atoms with E-state index in [0.29, 0.717) is 6.04 Å². The van der Waals surface area contributed by atoms with E-state index in [2.05, 4.69) is 18.8 Å². The van der Waals surface area contributed by atoms with Gasteiger partial charge in [0.05, 0.1) is 4.92 Å². The van der Waals surface area contributed by atoms with Crippen LogP contribution in [0.15, 0.2) is 36.9 Å². The number of non-ortho nitro benzene ring substituents is 1. The molecule has 0 radical (unpaired) electrons.